The van der Waals surface area contributed by atoms with Crippen molar-refractivity contribution < 1.29 is 35.1 Å². The molecule has 0 radical (unpaired) electrons. The summed E-state index contributed by atoms with van der Waals surface area (Å²) < 4.78 is 0. The summed E-state index contributed by atoms with van der Waals surface area (Å²) in [5.74, 6) is -2.54. The van der Waals surface area contributed by atoms with E-state index in [1.165, 1.54) is 12.1 Å². The van der Waals surface area contributed by atoms with Gasteiger partial charge in [-0.05, 0) is 72.7 Å². The highest BCUT2D eigenvalue weighted by Gasteiger charge is 2.27. The van der Waals surface area contributed by atoms with Crippen molar-refractivity contribution in [2.45, 2.75) is 33.6 Å². The lowest BCUT2D eigenvalue weighted by atomic mass is 9.85. The number of phenolic OH excluding ortho intramolecular Hbond substituents is 5. The van der Waals surface area contributed by atoms with E-state index >= 15 is 0 Å². The minimum Gasteiger partial charge on any atom is -0.508 e. The second-order valence-electron chi connectivity index (χ2n) is 11.7. The van der Waals surface area contributed by atoms with Crippen molar-refractivity contribution in [1.82, 2.24) is 0 Å². The van der Waals surface area contributed by atoms with E-state index < -0.39 is 17.3 Å². The Morgan fingerprint density at radius 3 is 1.39 bits per heavy atom. The van der Waals surface area contributed by atoms with Crippen molar-refractivity contribution in [3.63, 3.8) is 0 Å². The molecule has 6 rings (SSSR count). The van der Waals surface area contributed by atoms with Crippen LogP contribution < -0.4 is 0 Å². The van der Waals surface area contributed by atoms with E-state index in [1.54, 1.807) is 57.2 Å². The van der Waals surface area contributed by atoms with Gasteiger partial charge in [-0.3, -0.25) is 9.59 Å². The van der Waals surface area contributed by atoms with Crippen molar-refractivity contribution in [2.75, 3.05) is 0 Å². The fraction of sp³-hybridized carbons (Fsp3) is 0.128. The van der Waals surface area contributed by atoms with Crippen LogP contribution in [-0.2, 0) is 12.8 Å². The summed E-state index contributed by atoms with van der Waals surface area (Å²) in [4.78, 5) is 27.0. The number of Topliss-reactive ketones (excluding diaryl/α,β-unsaturated/α-hetero) is 2. The Labute approximate surface area is 265 Å². The van der Waals surface area contributed by atoms with E-state index in [0.29, 0.717) is 27.6 Å². The largest absolute Gasteiger partial charge is 0.508 e. The summed E-state index contributed by atoms with van der Waals surface area (Å²) in [7, 11) is 0. The smallest absolute Gasteiger partial charge is 0.171 e. The third-order valence-electron chi connectivity index (χ3n) is 8.64. The third-order valence-corrected chi connectivity index (χ3v) is 8.64. The summed E-state index contributed by atoms with van der Waals surface area (Å²) in [6, 6.07) is 24.2. The van der Waals surface area contributed by atoms with Crippen molar-refractivity contribution >= 4 is 33.1 Å². The van der Waals surface area contributed by atoms with Gasteiger partial charge in [-0.15, -0.1) is 0 Å². The minimum atomic E-state index is -0.580. The molecule has 0 atom stereocenters. The minimum absolute atomic E-state index is 0.0344. The van der Waals surface area contributed by atoms with Gasteiger partial charge in [-0.25, -0.2) is 0 Å². The molecule has 0 saturated carbocycles. The predicted octanol–water partition coefficient (Wildman–Crippen LogP) is 7.96. The maximum Gasteiger partial charge on any atom is 0.171 e. The van der Waals surface area contributed by atoms with Gasteiger partial charge in [0, 0.05) is 51.3 Å². The number of fused-ring (bicyclic) bond motifs is 2. The van der Waals surface area contributed by atoms with Gasteiger partial charge in [0.2, 0.25) is 0 Å². The molecule has 7 nitrogen and oxygen atoms in total. The van der Waals surface area contributed by atoms with Gasteiger partial charge >= 0.3 is 0 Å². The lowest BCUT2D eigenvalue weighted by molar-refractivity contribution is 0.0984. The molecule has 46 heavy (non-hydrogen) atoms. The molecule has 5 N–H and O–H groups in total. The van der Waals surface area contributed by atoms with Gasteiger partial charge in [0.05, 0.1) is 5.56 Å². The highest BCUT2D eigenvalue weighted by molar-refractivity contribution is 6.16. The number of phenols is 5. The molecular weight excluding hydrogens is 580 g/mol. The van der Waals surface area contributed by atoms with Crippen LogP contribution in [0.2, 0.25) is 0 Å². The van der Waals surface area contributed by atoms with Gasteiger partial charge in [0.1, 0.15) is 17.2 Å². The number of aromatic hydroxyl groups is 5. The van der Waals surface area contributed by atoms with Gasteiger partial charge in [-0.2, -0.15) is 0 Å². The fourth-order valence-electron chi connectivity index (χ4n) is 6.38. The molecule has 230 valence electrons. The Kier molecular flexibility index (Phi) is 7.62. The van der Waals surface area contributed by atoms with Crippen molar-refractivity contribution in [2.24, 2.45) is 0 Å². The van der Waals surface area contributed by atoms with Crippen LogP contribution in [0.25, 0.3) is 32.7 Å². The number of carbonyl (C=O) groups excluding carboxylic acids is 2. The van der Waals surface area contributed by atoms with Crippen LogP contribution in [0, 0.1) is 20.8 Å². The molecule has 0 fully saturated rings. The SMILES string of the molecule is Cc1cc2c(C(=O)Cc3ccccc3)c(C)c(O)cc2c(O)c1-c1c(C)cc2c(C(=O)Cc3ccccc3)c(O)c(O)cc2c1O. The first-order chi connectivity index (χ1) is 22.0. The van der Waals surface area contributed by atoms with E-state index in [-0.39, 0.29) is 68.7 Å². The van der Waals surface area contributed by atoms with Crippen LogP contribution in [0.15, 0.2) is 84.9 Å². The molecule has 0 spiro atoms. The van der Waals surface area contributed by atoms with Crippen LogP contribution in [0.3, 0.4) is 0 Å². The molecule has 0 bridgehead atoms. The third kappa shape index (κ3) is 5.06. The number of benzene rings is 6. The summed E-state index contributed by atoms with van der Waals surface area (Å²) in [5.41, 5.74) is 3.64. The van der Waals surface area contributed by atoms with Crippen molar-refractivity contribution in [3.05, 3.63) is 124 Å². The molecule has 6 aromatic carbocycles. The fourth-order valence-corrected chi connectivity index (χ4v) is 6.38. The lowest BCUT2D eigenvalue weighted by Crippen LogP contribution is -2.07. The molecule has 0 aromatic heterocycles. The molecule has 0 aliphatic rings. The topological polar surface area (TPSA) is 135 Å². The van der Waals surface area contributed by atoms with Crippen molar-refractivity contribution in [3.8, 4) is 39.9 Å². The first kappa shape index (κ1) is 30.2. The first-order valence-corrected chi connectivity index (χ1v) is 14.8. The molecule has 6 aromatic rings. The van der Waals surface area contributed by atoms with Gasteiger partial charge in [0.25, 0.3) is 0 Å². The Bertz CT molecular complexity index is 2040. The number of ketones is 2. The lowest BCUT2D eigenvalue weighted by Gasteiger charge is -2.20. The summed E-state index contributed by atoms with van der Waals surface area (Å²) in [5, 5.41) is 56.8. The molecule has 0 saturated heterocycles. The summed E-state index contributed by atoms with van der Waals surface area (Å²) in [6.45, 7) is 5.11. The highest BCUT2D eigenvalue weighted by atomic mass is 16.3. The maximum absolute atomic E-state index is 13.6. The highest BCUT2D eigenvalue weighted by Crippen LogP contribution is 2.50. The normalized spacial score (nSPS) is 11.3. The Morgan fingerprint density at radius 2 is 0.913 bits per heavy atom. The van der Waals surface area contributed by atoms with Crippen LogP contribution >= 0.6 is 0 Å². The average molecular weight is 613 g/mol. The molecular formula is C39H32O7. The number of aryl methyl sites for hydroxylation is 2. The average Bonchev–Trinajstić information content (AvgIpc) is 3.02. The second kappa shape index (κ2) is 11.6. The van der Waals surface area contributed by atoms with Crippen LogP contribution in [0.4, 0.5) is 0 Å². The summed E-state index contributed by atoms with van der Waals surface area (Å²) in [6.07, 6.45) is 0.0708. The van der Waals surface area contributed by atoms with E-state index in [0.717, 1.165) is 11.1 Å². The van der Waals surface area contributed by atoms with Crippen LogP contribution in [0.1, 0.15) is 48.5 Å². The molecule has 0 aliphatic heterocycles. The zero-order chi connectivity index (χ0) is 32.9. The van der Waals surface area contributed by atoms with Gasteiger partial charge < -0.3 is 25.5 Å². The van der Waals surface area contributed by atoms with Crippen molar-refractivity contribution in [1.29, 1.82) is 0 Å². The number of carbonyl (C=O) groups is 2. The molecule has 0 unspecified atom stereocenters. The van der Waals surface area contributed by atoms with E-state index in [9.17, 15) is 35.1 Å². The predicted molar refractivity (Wildman–Crippen MR) is 178 cm³/mol. The number of hydrogen-bond acceptors (Lipinski definition) is 7. The maximum atomic E-state index is 13.6. The van der Waals surface area contributed by atoms with Crippen LogP contribution in [-0.4, -0.2) is 37.1 Å². The molecule has 0 amide bonds. The Balaban J connectivity index is 1.54. The molecule has 7 heteroatoms. The molecule has 0 aliphatic carbocycles. The first-order valence-electron chi connectivity index (χ1n) is 14.8. The monoisotopic (exact) mass is 612 g/mol. The standard InChI is InChI=1S/C39H32O7/c1-20-14-25-27(18-29(40)22(3)35(25)30(41)16-23-10-6-4-7-11-23)37(44)33(20)34-21(2)15-26-28(38(34)45)19-32(43)39(46)36(26)31(42)17-24-12-8-5-9-13-24/h4-15,18-19,40,43-46H,16-17H2,1-3H3. The Morgan fingerprint density at radius 1 is 0.500 bits per heavy atom. The van der Waals surface area contributed by atoms with E-state index in [1.807, 2.05) is 36.4 Å². The number of hydrogen-bond donors (Lipinski definition) is 5. The molecule has 0 heterocycles. The second-order valence-corrected chi connectivity index (χ2v) is 11.7. The number of rotatable bonds is 7. The van der Waals surface area contributed by atoms with E-state index in [4.69, 9.17) is 0 Å². The van der Waals surface area contributed by atoms with Crippen LogP contribution in [0.5, 0.6) is 28.7 Å². The van der Waals surface area contributed by atoms with Gasteiger partial charge in [0.15, 0.2) is 23.1 Å². The zero-order valence-electron chi connectivity index (χ0n) is 25.5. The quantitative estimate of drug-likeness (QED) is 0.0911. The van der Waals surface area contributed by atoms with E-state index in [2.05, 4.69) is 0 Å². The van der Waals surface area contributed by atoms with Gasteiger partial charge in [-0.1, -0.05) is 60.7 Å². The zero-order valence-corrected chi connectivity index (χ0v) is 25.5. The Hall–Kier alpha value is -5.82. The summed E-state index contributed by atoms with van der Waals surface area (Å²) >= 11 is 0.